The SMILES string of the molecule is O=C1CC(c2ccc(O)cc2)c2c(nc(SCc3ccccc3Cl)[nH]c2=O)N1. The summed E-state index contributed by atoms with van der Waals surface area (Å²) in [6.07, 6.45) is 0.147. The molecular formula is C20H16ClN3O3S. The first-order valence-corrected chi connectivity index (χ1v) is 9.97. The predicted molar refractivity (Wildman–Crippen MR) is 109 cm³/mol. The Balaban J connectivity index is 1.66. The highest BCUT2D eigenvalue weighted by atomic mass is 35.5. The second-order valence-electron chi connectivity index (χ2n) is 6.41. The van der Waals surface area contributed by atoms with Crippen molar-refractivity contribution in [1.82, 2.24) is 9.97 Å². The fourth-order valence-corrected chi connectivity index (χ4v) is 4.32. The number of thioether (sulfide) groups is 1. The van der Waals surface area contributed by atoms with Crippen LogP contribution in [-0.4, -0.2) is 21.0 Å². The van der Waals surface area contributed by atoms with Gasteiger partial charge in [-0.2, -0.15) is 0 Å². The van der Waals surface area contributed by atoms with E-state index in [4.69, 9.17) is 11.6 Å². The van der Waals surface area contributed by atoms with Crippen LogP contribution in [0, 0.1) is 0 Å². The number of phenolic OH excluding ortho intramolecular Hbond substituents is 1. The number of aromatic hydroxyl groups is 1. The van der Waals surface area contributed by atoms with E-state index in [1.807, 2.05) is 24.3 Å². The average Bonchev–Trinajstić information content (AvgIpc) is 2.67. The number of H-pyrrole nitrogens is 1. The molecule has 3 aromatic rings. The van der Waals surface area contributed by atoms with Crippen LogP contribution in [0.15, 0.2) is 58.5 Å². The topological polar surface area (TPSA) is 95.1 Å². The molecular weight excluding hydrogens is 398 g/mol. The fourth-order valence-electron chi connectivity index (χ4n) is 3.17. The predicted octanol–water partition coefficient (Wildman–Crippen LogP) is 3.90. The average molecular weight is 414 g/mol. The van der Waals surface area contributed by atoms with Gasteiger partial charge in [0.25, 0.3) is 5.56 Å². The van der Waals surface area contributed by atoms with Gasteiger partial charge in [0.1, 0.15) is 11.6 Å². The van der Waals surface area contributed by atoms with Gasteiger partial charge >= 0.3 is 0 Å². The highest BCUT2D eigenvalue weighted by Crippen LogP contribution is 2.35. The molecule has 1 aliphatic heterocycles. The van der Waals surface area contributed by atoms with Gasteiger partial charge in [-0.15, -0.1) is 0 Å². The standard InChI is InChI=1S/C20H16ClN3O3S/c21-15-4-2-1-3-12(15)10-28-20-23-18-17(19(27)24-20)14(9-16(26)22-18)11-5-7-13(25)8-6-11/h1-8,14,25H,9-10H2,(H2,22,23,24,26,27). The molecule has 0 radical (unpaired) electrons. The highest BCUT2D eigenvalue weighted by Gasteiger charge is 2.30. The Morgan fingerprint density at radius 3 is 2.64 bits per heavy atom. The lowest BCUT2D eigenvalue weighted by atomic mass is 9.87. The van der Waals surface area contributed by atoms with Gasteiger partial charge in [-0.25, -0.2) is 4.98 Å². The number of anilines is 1. The normalized spacial score (nSPS) is 15.8. The molecule has 0 fully saturated rings. The number of hydrogen-bond donors (Lipinski definition) is 3. The number of hydrogen-bond acceptors (Lipinski definition) is 5. The fraction of sp³-hybridized carbons (Fsp3) is 0.150. The van der Waals surface area contributed by atoms with E-state index in [0.717, 1.165) is 11.1 Å². The van der Waals surface area contributed by atoms with Gasteiger partial charge in [0, 0.05) is 23.1 Å². The molecule has 8 heteroatoms. The van der Waals surface area contributed by atoms with Crippen LogP contribution < -0.4 is 10.9 Å². The van der Waals surface area contributed by atoms with Gasteiger partial charge in [0.05, 0.1) is 5.56 Å². The molecule has 0 saturated heterocycles. The van der Waals surface area contributed by atoms with E-state index in [2.05, 4.69) is 15.3 Å². The number of nitrogens with one attached hydrogen (secondary N) is 2. The van der Waals surface area contributed by atoms with E-state index in [1.54, 1.807) is 12.1 Å². The molecule has 1 aliphatic rings. The minimum absolute atomic E-state index is 0.127. The van der Waals surface area contributed by atoms with Gasteiger partial charge in [-0.3, -0.25) is 9.59 Å². The van der Waals surface area contributed by atoms with Crippen LogP contribution in [-0.2, 0) is 10.5 Å². The van der Waals surface area contributed by atoms with Crippen molar-refractivity contribution in [3.8, 4) is 5.75 Å². The van der Waals surface area contributed by atoms with E-state index < -0.39 is 5.92 Å². The number of rotatable bonds is 4. The van der Waals surface area contributed by atoms with Crippen LogP contribution in [0.1, 0.15) is 29.0 Å². The molecule has 2 aromatic carbocycles. The van der Waals surface area contributed by atoms with Crippen LogP contribution in [0.5, 0.6) is 5.75 Å². The van der Waals surface area contributed by atoms with E-state index >= 15 is 0 Å². The van der Waals surface area contributed by atoms with Crippen molar-refractivity contribution in [2.75, 3.05) is 5.32 Å². The number of fused-ring (bicyclic) bond motifs is 1. The molecule has 0 spiro atoms. The number of carbonyl (C=O) groups excluding carboxylic acids is 1. The maximum absolute atomic E-state index is 12.8. The third-order valence-corrected chi connectivity index (χ3v) is 5.84. The number of carbonyl (C=O) groups is 1. The number of aromatic amines is 1. The van der Waals surface area contributed by atoms with Crippen LogP contribution in [0.25, 0.3) is 0 Å². The van der Waals surface area contributed by atoms with Crippen molar-refractivity contribution in [2.24, 2.45) is 0 Å². The molecule has 1 atom stereocenters. The van der Waals surface area contributed by atoms with E-state index in [-0.39, 0.29) is 29.5 Å². The quantitative estimate of drug-likeness (QED) is 0.445. The summed E-state index contributed by atoms with van der Waals surface area (Å²) < 4.78 is 0. The number of aromatic nitrogens is 2. The Morgan fingerprint density at radius 2 is 1.89 bits per heavy atom. The van der Waals surface area contributed by atoms with E-state index in [0.29, 0.717) is 21.5 Å². The second-order valence-corrected chi connectivity index (χ2v) is 7.78. The Morgan fingerprint density at radius 1 is 1.14 bits per heavy atom. The first-order valence-electron chi connectivity index (χ1n) is 8.60. The van der Waals surface area contributed by atoms with E-state index in [1.165, 1.54) is 23.9 Å². The summed E-state index contributed by atoms with van der Waals surface area (Å²) in [4.78, 5) is 32.2. The molecule has 1 amide bonds. The molecule has 6 nitrogen and oxygen atoms in total. The lowest BCUT2D eigenvalue weighted by Gasteiger charge is -2.24. The molecule has 142 valence electrons. The summed E-state index contributed by atoms with van der Waals surface area (Å²) in [5.41, 5.74) is 1.84. The van der Waals surface area contributed by atoms with Crippen molar-refractivity contribution < 1.29 is 9.90 Å². The van der Waals surface area contributed by atoms with Crippen molar-refractivity contribution in [1.29, 1.82) is 0 Å². The van der Waals surface area contributed by atoms with Crippen molar-refractivity contribution in [2.45, 2.75) is 23.2 Å². The van der Waals surface area contributed by atoms with Crippen molar-refractivity contribution in [3.63, 3.8) is 0 Å². The summed E-state index contributed by atoms with van der Waals surface area (Å²) in [7, 11) is 0. The smallest absolute Gasteiger partial charge is 0.257 e. The lowest BCUT2D eigenvalue weighted by molar-refractivity contribution is -0.116. The molecule has 28 heavy (non-hydrogen) atoms. The monoisotopic (exact) mass is 413 g/mol. The van der Waals surface area contributed by atoms with Gasteiger partial charge in [0.2, 0.25) is 5.91 Å². The Hall–Kier alpha value is -2.77. The van der Waals surface area contributed by atoms with Crippen LogP contribution >= 0.6 is 23.4 Å². The Kier molecular flexibility index (Phi) is 5.11. The van der Waals surface area contributed by atoms with Gasteiger partial charge in [-0.1, -0.05) is 53.7 Å². The third-order valence-electron chi connectivity index (χ3n) is 4.55. The first kappa shape index (κ1) is 18.6. The largest absolute Gasteiger partial charge is 0.508 e. The maximum atomic E-state index is 12.8. The van der Waals surface area contributed by atoms with Crippen LogP contribution in [0.2, 0.25) is 5.02 Å². The first-order chi connectivity index (χ1) is 13.5. The summed E-state index contributed by atoms with van der Waals surface area (Å²) >= 11 is 7.51. The number of benzene rings is 2. The van der Waals surface area contributed by atoms with Crippen LogP contribution in [0.4, 0.5) is 5.82 Å². The zero-order valence-corrected chi connectivity index (χ0v) is 16.2. The number of amides is 1. The molecule has 3 N–H and O–H groups in total. The summed E-state index contributed by atoms with van der Waals surface area (Å²) in [6, 6.07) is 14.0. The number of nitrogens with zero attached hydrogens (tertiary/aromatic N) is 1. The number of halogens is 1. The van der Waals surface area contributed by atoms with Crippen molar-refractivity contribution >= 4 is 35.1 Å². The molecule has 0 bridgehead atoms. The van der Waals surface area contributed by atoms with Gasteiger partial charge in [0.15, 0.2) is 5.16 Å². The highest BCUT2D eigenvalue weighted by molar-refractivity contribution is 7.98. The van der Waals surface area contributed by atoms with Gasteiger partial charge < -0.3 is 15.4 Å². The molecule has 2 heterocycles. The minimum Gasteiger partial charge on any atom is -0.508 e. The molecule has 0 aliphatic carbocycles. The minimum atomic E-state index is -0.414. The molecule has 4 rings (SSSR count). The second kappa shape index (κ2) is 7.69. The Labute approximate surface area is 170 Å². The molecule has 1 aromatic heterocycles. The summed E-state index contributed by atoms with van der Waals surface area (Å²) in [6.45, 7) is 0. The third kappa shape index (κ3) is 3.76. The molecule has 1 unspecified atom stereocenters. The van der Waals surface area contributed by atoms with E-state index in [9.17, 15) is 14.7 Å². The summed E-state index contributed by atoms with van der Waals surface area (Å²) in [5.74, 6) is 0.327. The zero-order chi connectivity index (χ0) is 19.7. The maximum Gasteiger partial charge on any atom is 0.257 e. The lowest BCUT2D eigenvalue weighted by Crippen LogP contribution is -2.31. The molecule has 0 saturated carbocycles. The number of phenols is 1. The Bertz CT molecular complexity index is 1100. The van der Waals surface area contributed by atoms with Crippen molar-refractivity contribution in [3.05, 3.63) is 80.6 Å². The van der Waals surface area contributed by atoms with Crippen LogP contribution in [0.3, 0.4) is 0 Å². The van der Waals surface area contributed by atoms with Gasteiger partial charge in [-0.05, 0) is 29.3 Å². The zero-order valence-electron chi connectivity index (χ0n) is 14.6. The summed E-state index contributed by atoms with van der Waals surface area (Å²) in [5, 5.41) is 13.3.